The van der Waals surface area contributed by atoms with Gasteiger partial charge in [0.05, 0.1) is 23.0 Å². The summed E-state index contributed by atoms with van der Waals surface area (Å²) in [5.74, 6) is -1.20. The Hall–Kier alpha value is -1.62. The summed E-state index contributed by atoms with van der Waals surface area (Å²) in [5.41, 5.74) is 1.98. The summed E-state index contributed by atoms with van der Waals surface area (Å²) < 4.78 is 2.46. The molecule has 0 radical (unpaired) electrons. The Morgan fingerprint density at radius 1 is 1.35 bits per heavy atom. The summed E-state index contributed by atoms with van der Waals surface area (Å²) >= 11 is 3.41. The van der Waals surface area contributed by atoms with E-state index in [4.69, 9.17) is 0 Å². The summed E-state index contributed by atoms with van der Waals surface area (Å²) in [6.45, 7) is 3.37. The second-order valence-corrected chi connectivity index (χ2v) is 4.55. The average Bonchev–Trinajstić information content (AvgIpc) is 2.55. The molecule has 0 saturated carbocycles. The number of para-hydroxylation sites is 1. The van der Waals surface area contributed by atoms with E-state index in [0.29, 0.717) is 11.4 Å². The Morgan fingerprint density at radius 3 is 2.53 bits per heavy atom. The van der Waals surface area contributed by atoms with Gasteiger partial charge in [-0.25, -0.2) is 4.68 Å². The first kappa shape index (κ1) is 11.9. The van der Waals surface area contributed by atoms with E-state index < -0.39 is 5.97 Å². The van der Waals surface area contributed by atoms with Gasteiger partial charge in [-0.05, 0) is 41.9 Å². The number of aryl methyl sites for hydroxylation is 1. The van der Waals surface area contributed by atoms with Crippen molar-refractivity contribution in [3.8, 4) is 5.69 Å². The highest BCUT2D eigenvalue weighted by atomic mass is 79.9. The van der Waals surface area contributed by atoms with Gasteiger partial charge in [-0.1, -0.05) is 12.1 Å². The molecule has 0 spiro atoms. The van der Waals surface area contributed by atoms with Crippen LogP contribution in [0.5, 0.6) is 0 Å². The first-order chi connectivity index (χ1) is 8.02. The molecule has 1 aromatic carbocycles. The van der Waals surface area contributed by atoms with Crippen LogP contribution in [0.3, 0.4) is 0 Å². The number of hydrogen-bond acceptors (Lipinski definition) is 3. The van der Waals surface area contributed by atoms with Crippen molar-refractivity contribution in [2.75, 3.05) is 0 Å². The molecular weight excluding hydrogens is 284 g/mol. The topological polar surface area (TPSA) is 58.0 Å². The van der Waals surface area contributed by atoms with E-state index in [-0.39, 0.29) is 5.56 Å². The molecule has 0 aliphatic carbocycles. The Bertz CT molecular complexity index is 590. The first-order valence-corrected chi connectivity index (χ1v) is 5.84. The highest BCUT2D eigenvalue weighted by molar-refractivity contribution is 9.10. The van der Waals surface area contributed by atoms with Gasteiger partial charge in [0.15, 0.2) is 0 Å². The van der Waals surface area contributed by atoms with Crippen LogP contribution in [0.4, 0.5) is 0 Å². The zero-order chi connectivity index (χ0) is 12.6. The molecule has 2 rings (SSSR count). The average molecular weight is 294 g/mol. The van der Waals surface area contributed by atoms with E-state index in [1.807, 2.05) is 24.3 Å². The number of carbonyl (C=O) groups excluding carboxylic acids is 1. The van der Waals surface area contributed by atoms with Gasteiger partial charge in [-0.3, -0.25) is 0 Å². The number of aromatic carboxylic acids is 1. The minimum atomic E-state index is -1.20. The minimum Gasteiger partial charge on any atom is -0.545 e. The van der Waals surface area contributed by atoms with Crippen LogP contribution < -0.4 is 5.11 Å². The fourth-order valence-corrected chi connectivity index (χ4v) is 2.25. The van der Waals surface area contributed by atoms with Crippen molar-refractivity contribution in [1.82, 2.24) is 9.78 Å². The van der Waals surface area contributed by atoms with Crippen molar-refractivity contribution < 1.29 is 9.90 Å². The van der Waals surface area contributed by atoms with E-state index in [2.05, 4.69) is 21.0 Å². The monoisotopic (exact) mass is 293 g/mol. The quantitative estimate of drug-likeness (QED) is 0.845. The molecule has 0 N–H and O–H groups in total. The van der Waals surface area contributed by atoms with Gasteiger partial charge in [-0.2, -0.15) is 5.10 Å². The van der Waals surface area contributed by atoms with Gasteiger partial charge in [0.1, 0.15) is 0 Å². The molecular formula is C12H10BrN2O2-. The highest BCUT2D eigenvalue weighted by Gasteiger charge is 2.14. The van der Waals surface area contributed by atoms with Crippen LogP contribution in [-0.2, 0) is 0 Å². The number of halogens is 1. The summed E-state index contributed by atoms with van der Waals surface area (Å²) in [6.07, 6.45) is 0. The maximum Gasteiger partial charge on any atom is 0.0791 e. The van der Waals surface area contributed by atoms with Crippen molar-refractivity contribution in [3.05, 3.63) is 45.7 Å². The van der Waals surface area contributed by atoms with E-state index in [9.17, 15) is 9.90 Å². The number of carbonyl (C=O) groups is 1. The molecule has 0 saturated heterocycles. The van der Waals surface area contributed by atoms with Crippen LogP contribution in [0.2, 0.25) is 0 Å². The molecule has 1 heterocycles. The maximum atomic E-state index is 11.0. The standard InChI is InChI=1S/C12H11BrN2O2/c1-7-11(12(16)17)8(2)15(14-7)10-6-4-3-5-9(10)13/h3-6H,1-2H3,(H,16,17)/p-1. The van der Waals surface area contributed by atoms with Gasteiger partial charge in [-0.15, -0.1) is 0 Å². The van der Waals surface area contributed by atoms with Gasteiger partial charge in [0, 0.05) is 10.0 Å². The maximum absolute atomic E-state index is 11.0. The molecule has 0 bridgehead atoms. The van der Waals surface area contributed by atoms with E-state index in [1.54, 1.807) is 18.5 Å². The van der Waals surface area contributed by atoms with Crippen molar-refractivity contribution in [2.24, 2.45) is 0 Å². The predicted molar refractivity (Wildman–Crippen MR) is 65.1 cm³/mol. The van der Waals surface area contributed by atoms with Crippen LogP contribution in [0.1, 0.15) is 21.7 Å². The summed E-state index contributed by atoms with van der Waals surface area (Å²) in [5, 5.41) is 15.2. The zero-order valence-electron chi connectivity index (χ0n) is 9.40. The van der Waals surface area contributed by atoms with Crippen LogP contribution in [-0.4, -0.2) is 15.7 Å². The van der Waals surface area contributed by atoms with Crippen LogP contribution in [0.25, 0.3) is 5.69 Å². The number of nitrogens with zero attached hydrogens (tertiary/aromatic N) is 2. The molecule has 0 aliphatic heterocycles. The smallest absolute Gasteiger partial charge is 0.0791 e. The van der Waals surface area contributed by atoms with Crippen molar-refractivity contribution >= 4 is 21.9 Å². The fourth-order valence-electron chi connectivity index (χ4n) is 1.80. The Labute approximate surface area is 107 Å². The molecule has 88 valence electrons. The molecule has 0 amide bonds. The molecule has 1 aromatic heterocycles. The number of benzene rings is 1. The highest BCUT2D eigenvalue weighted by Crippen LogP contribution is 2.23. The lowest BCUT2D eigenvalue weighted by molar-refractivity contribution is -0.255. The second kappa shape index (κ2) is 4.33. The van der Waals surface area contributed by atoms with Crippen molar-refractivity contribution in [1.29, 1.82) is 0 Å². The Morgan fingerprint density at radius 2 is 2.00 bits per heavy atom. The van der Waals surface area contributed by atoms with Gasteiger partial charge < -0.3 is 9.90 Å². The molecule has 0 aliphatic rings. The summed E-state index contributed by atoms with van der Waals surface area (Å²) in [7, 11) is 0. The fraction of sp³-hybridized carbons (Fsp3) is 0.167. The Balaban J connectivity index is 2.66. The summed E-state index contributed by atoms with van der Waals surface area (Å²) in [4.78, 5) is 11.0. The number of carboxylic acids is 1. The molecule has 0 atom stereocenters. The lowest BCUT2D eigenvalue weighted by Gasteiger charge is -2.07. The first-order valence-electron chi connectivity index (χ1n) is 5.05. The number of hydrogen-bond donors (Lipinski definition) is 0. The lowest BCUT2D eigenvalue weighted by Crippen LogP contribution is -2.23. The zero-order valence-corrected chi connectivity index (χ0v) is 11.0. The third-order valence-corrected chi connectivity index (χ3v) is 3.25. The van der Waals surface area contributed by atoms with Crippen molar-refractivity contribution in [2.45, 2.75) is 13.8 Å². The second-order valence-electron chi connectivity index (χ2n) is 3.70. The number of carboxylic acid groups (broad SMARTS) is 1. The van der Waals surface area contributed by atoms with Gasteiger partial charge in [0.2, 0.25) is 0 Å². The van der Waals surface area contributed by atoms with Crippen LogP contribution >= 0.6 is 15.9 Å². The van der Waals surface area contributed by atoms with Gasteiger partial charge >= 0.3 is 0 Å². The number of aromatic nitrogens is 2. The normalized spacial score (nSPS) is 10.5. The molecule has 4 nitrogen and oxygen atoms in total. The third-order valence-electron chi connectivity index (χ3n) is 2.58. The van der Waals surface area contributed by atoms with Crippen LogP contribution in [0.15, 0.2) is 28.7 Å². The van der Waals surface area contributed by atoms with Crippen molar-refractivity contribution in [3.63, 3.8) is 0 Å². The SMILES string of the molecule is Cc1nn(-c2ccccc2Br)c(C)c1C(=O)[O-]. The molecule has 0 fully saturated rings. The van der Waals surface area contributed by atoms with E-state index in [1.165, 1.54) is 0 Å². The minimum absolute atomic E-state index is 0.153. The Kier molecular flexibility index (Phi) is 3.02. The predicted octanol–water partition coefficient (Wildman–Crippen LogP) is 1.62. The third kappa shape index (κ3) is 1.98. The molecule has 17 heavy (non-hydrogen) atoms. The van der Waals surface area contributed by atoms with E-state index >= 15 is 0 Å². The lowest BCUT2D eigenvalue weighted by atomic mass is 10.2. The van der Waals surface area contributed by atoms with Crippen LogP contribution in [0, 0.1) is 13.8 Å². The molecule has 2 aromatic rings. The molecule has 5 heteroatoms. The van der Waals surface area contributed by atoms with E-state index in [0.717, 1.165) is 10.2 Å². The molecule has 0 unspecified atom stereocenters. The number of rotatable bonds is 2. The largest absolute Gasteiger partial charge is 0.545 e. The van der Waals surface area contributed by atoms with Gasteiger partial charge in [0.25, 0.3) is 0 Å². The summed E-state index contributed by atoms with van der Waals surface area (Å²) in [6, 6.07) is 7.50.